The summed E-state index contributed by atoms with van der Waals surface area (Å²) in [4.78, 5) is 8.63. The minimum Gasteiger partial charge on any atom is -0.339 e. The van der Waals surface area contributed by atoms with Crippen LogP contribution in [0.5, 0.6) is 0 Å². The third-order valence-electron chi connectivity index (χ3n) is 3.11. The molecule has 0 aliphatic rings. The molecule has 1 aromatic carbocycles. The van der Waals surface area contributed by atoms with Crippen LogP contribution in [0.15, 0.2) is 33.3 Å². The summed E-state index contributed by atoms with van der Waals surface area (Å²) < 4.78 is 10.4. The maximum Gasteiger partial charge on any atom is 0.257 e. The quantitative estimate of drug-likeness (QED) is 0.714. The second kappa shape index (κ2) is 5.87. The summed E-state index contributed by atoms with van der Waals surface area (Å²) in [5.41, 5.74) is 1.71. The highest BCUT2D eigenvalue weighted by Crippen LogP contribution is 2.23. The zero-order valence-electron chi connectivity index (χ0n) is 12.0. The Labute approximate surface area is 122 Å². The van der Waals surface area contributed by atoms with E-state index in [2.05, 4.69) is 27.2 Å². The van der Waals surface area contributed by atoms with Crippen molar-refractivity contribution in [3.8, 4) is 22.8 Å². The molecule has 2 heterocycles. The highest BCUT2D eigenvalue weighted by molar-refractivity contribution is 5.64. The van der Waals surface area contributed by atoms with E-state index in [0.29, 0.717) is 23.4 Å². The molecule has 0 N–H and O–H groups in total. The van der Waals surface area contributed by atoms with Gasteiger partial charge in [0, 0.05) is 17.5 Å². The fourth-order valence-corrected chi connectivity index (χ4v) is 2.01. The number of rotatable bonds is 5. The van der Waals surface area contributed by atoms with Crippen molar-refractivity contribution in [2.45, 2.75) is 33.1 Å². The lowest BCUT2D eigenvalue weighted by molar-refractivity contribution is 0.375. The molecule has 0 saturated heterocycles. The Hall–Kier alpha value is -2.50. The van der Waals surface area contributed by atoms with Crippen LogP contribution in [0.4, 0.5) is 0 Å². The number of benzene rings is 1. The van der Waals surface area contributed by atoms with Gasteiger partial charge >= 0.3 is 0 Å². The number of unbranched alkanes of at least 4 members (excludes halogenated alkanes) is 1. The molecule has 0 fully saturated rings. The first-order valence-corrected chi connectivity index (χ1v) is 7.00. The van der Waals surface area contributed by atoms with E-state index in [9.17, 15) is 0 Å². The molecular formula is C15H16N4O2. The Bertz CT molecular complexity index is 733. The van der Waals surface area contributed by atoms with Gasteiger partial charge in [-0.2, -0.15) is 9.97 Å². The highest BCUT2D eigenvalue weighted by Gasteiger charge is 2.11. The van der Waals surface area contributed by atoms with E-state index in [0.717, 1.165) is 30.4 Å². The van der Waals surface area contributed by atoms with Gasteiger partial charge in [0.2, 0.25) is 11.7 Å². The fraction of sp³-hybridized carbons (Fsp3) is 0.333. The predicted molar refractivity (Wildman–Crippen MR) is 76.4 cm³/mol. The molecule has 0 aliphatic heterocycles. The van der Waals surface area contributed by atoms with Crippen LogP contribution in [0.1, 0.15) is 31.5 Å². The van der Waals surface area contributed by atoms with Crippen LogP contribution >= 0.6 is 0 Å². The smallest absolute Gasteiger partial charge is 0.257 e. The Morgan fingerprint density at radius 2 is 1.90 bits per heavy atom. The van der Waals surface area contributed by atoms with Gasteiger partial charge in [0.1, 0.15) is 0 Å². The van der Waals surface area contributed by atoms with Crippen LogP contribution < -0.4 is 0 Å². The van der Waals surface area contributed by atoms with Crippen LogP contribution in [0.25, 0.3) is 22.8 Å². The lowest BCUT2D eigenvalue weighted by Gasteiger charge is -1.97. The third kappa shape index (κ3) is 2.99. The van der Waals surface area contributed by atoms with Crippen LogP contribution in [0, 0.1) is 6.92 Å². The van der Waals surface area contributed by atoms with Crippen molar-refractivity contribution in [2.75, 3.05) is 0 Å². The standard InChI is InChI=1S/C15H16N4O2/c1-3-4-8-13-17-14(19-20-13)11-6-5-7-12(9-11)15-16-10(2)18-21-15/h5-7,9H,3-4,8H2,1-2H3. The maximum atomic E-state index is 5.26. The van der Waals surface area contributed by atoms with Crippen molar-refractivity contribution >= 4 is 0 Å². The Balaban J connectivity index is 1.87. The lowest BCUT2D eigenvalue weighted by Crippen LogP contribution is -1.86. The van der Waals surface area contributed by atoms with Crippen molar-refractivity contribution < 1.29 is 9.05 Å². The van der Waals surface area contributed by atoms with Gasteiger partial charge in [-0.05, 0) is 25.5 Å². The predicted octanol–water partition coefficient (Wildman–Crippen LogP) is 3.44. The molecule has 0 atom stereocenters. The van der Waals surface area contributed by atoms with E-state index >= 15 is 0 Å². The van der Waals surface area contributed by atoms with Crippen LogP contribution in [0.3, 0.4) is 0 Å². The van der Waals surface area contributed by atoms with E-state index in [4.69, 9.17) is 9.05 Å². The summed E-state index contributed by atoms with van der Waals surface area (Å²) in [5.74, 6) is 2.35. The summed E-state index contributed by atoms with van der Waals surface area (Å²) in [6.45, 7) is 3.92. The maximum absolute atomic E-state index is 5.26. The van der Waals surface area contributed by atoms with Gasteiger partial charge in [-0.15, -0.1) is 0 Å². The molecule has 21 heavy (non-hydrogen) atoms. The molecule has 0 unspecified atom stereocenters. The van der Waals surface area contributed by atoms with Crippen LogP contribution in [-0.4, -0.2) is 20.3 Å². The molecule has 2 aromatic heterocycles. The monoisotopic (exact) mass is 284 g/mol. The van der Waals surface area contributed by atoms with E-state index < -0.39 is 0 Å². The second-order valence-corrected chi connectivity index (χ2v) is 4.84. The first kappa shape index (κ1) is 13.5. The number of aromatic nitrogens is 4. The largest absolute Gasteiger partial charge is 0.339 e. The molecule has 0 radical (unpaired) electrons. The molecule has 0 saturated carbocycles. The lowest BCUT2D eigenvalue weighted by atomic mass is 10.1. The average molecular weight is 284 g/mol. The summed E-state index contributed by atoms with van der Waals surface area (Å²) in [7, 11) is 0. The highest BCUT2D eigenvalue weighted by atomic mass is 16.5. The number of aryl methyl sites for hydroxylation is 2. The van der Waals surface area contributed by atoms with E-state index in [1.807, 2.05) is 24.3 Å². The van der Waals surface area contributed by atoms with E-state index in [1.54, 1.807) is 6.92 Å². The zero-order chi connectivity index (χ0) is 14.7. The van der Waals surface area contributed by atoms with Gasteiger partial charge < -0.3 is 9.05 Å². The van der Waals surface area contributed by atoms with Gasteiger partial charge in [0.15, 0.2) is 5.82 Å². The molecule has 6 heteroatoms. The van der Waals surface area contributed by atoms with Crippen molar-refractivity contribution in [1.82, 2.24) is 20.3 Å². The van der Waals surface area contributed by atoms with Crippen molar-refractivity contribution in [3.05, 3.63) is 36.0 Å². The molecule has 3 rings (SSSR count). The Kier molecular flexibility index (Phi) is 3.77. The second-order valence-electron chi connectivity index (χ2n) is 4.84. The van der Waals surface area contributed by atoms with Gasteiger partial charge in [-0.25, -0.2) is 0 Å². The van der Waals surface area contributed by atoms with Crippen LogP contribution in [-0.2, 0) is 6.42 Å². The van der Waals surface area contributed by atoms with Gasteiger partial charge in [-0.3, -0.25) is 0 Å². The fourth-order valence-electron chi connectivity index (χ4n) is 2.01. The minimum atomic E-state index is 0.490. The topological polar surface area (TPSA) is 77.8 Å². The number of nitrogens with zero attached hydrogens (tertiary/aromatic N) is 4. The molecule has 108 valence electrons. The first-order chi connectivity index (χ1) is 10.3. The minimum absolute atomic E-state index is 0.490. The summed E-state index contributed by atoms with van der Waals surface area (Å²) in [6.07, 6.45) is 2.96. The third-order valence-corrected chi connectivity index (χ3v) is 3.11. The van der Waals surface area contributed by atoms with Crippen molar-refractivity contribution in [2.24, 2.45) is 0 Å². The van der Waals surface area contributed by atoms with Gasteiger partial charge in [0.25, 0.3) is 5.89 Å². The normalized spacial score (nSPS) is 11.0. The Morgan fingerprint density at radius 3 is 2.67 bits per heavy atom. The Morgan fingerprint density at radius 1 is 1.05 bits per heavy atom. The van der Waals surface area contributed by atoms with Crippen molar-refractivity contribution in [1.29, 1.82) is 0 Å². The van der Waals surface area contributed by atoms with Gasteiger partial charge in [-0.1, -0.05) is 35.8 Å². The molecule has 0 bridgehead atoms. The number of hydrogen-bond donors (Lipinski definition) is 0. The summed E-state index contributed by atoms with van der Waals surface area (Å²) >= 11 is 0. The molecule has 3 aromatic rings. The molecular weight excluding hydrogens is 268 g/mol. The molecule has 6 nitrogen and oxygen atoms in total. The molecule has 0 amide bonds. The van der Waals surface area contributed by atoms with E-state index in [1.165, 1.54) is 0 Å². The number of hydrogen-bond acceptors (Lipinski definition) is 6. The van der Waals surface area contributed by atoms with E-state index in [-0.39, 0.29) is 0 Å². The average Bonchev–Trinajstić information content (AvgIpc) is 3.14. The summed E-state index contributed by atoms with van der Waals surface area (Å²) in [6, 6.07) is 7.67. The van der Waals surface area contributed by atoms with Gasteiger partial charge in [0.05, 0.1) is 0 Å². The SMILES string of the molecule is CCCCc1nc(-c2cccc(-c3nc(C)no3)c2)no1. The summed E-state index contributed by atoms with van der Waals surface area (Å²) in [5, 5.41) is 7.82. The van der Waals surface area contributed by atoms with Crippen LogP contribution in [0.2, 0.25) is 0 Å². The first-order valence-electron chi connectivity index (χ1n) is 7.00. The zero-order valence-corrected chi connectivity index (χ0v) is 12.0. The molecule has 0 aliphatic carbocycles. The van der Waals surface area contributed by atoms with Crippen molar-refractivity contribution in [3.63, 3.8) is 0 Å². The molecule has 0 spiro atoms.